The minimum absolute atomic E-state index is 0.114. The Balaban J connectivity index is 1.71. The standard InChI is InChI=1S/C13H15F2NO2S/c14-10-4-3-9(5-11(10)15)19-7-13(18)16-6-12(17)8-1-2-8/h3-5,8,12,17H,1-2,6-7H2,(H,16,18). The summed E-state index contributed by atoms with van der Waals surface area (Å²) < 4.78 is 25.6. The summed E-state index contributed by atoms with van der Waals surface area (Å²) in [5.41, 5.74) is 0. The Morgan fingerprint density at radius 2 is 2.16 bits per heavy atom. The summed E-state index contributed by atoms with van der Waals surface area (Å²) >= 11 is 1.13. The van der Waals surface area contributed by atoms with Crippen LogP contribution in [0.25, 0.3) is 0 Å². The number of aliphatic hydroxyl groups excluding tert-OH is 1. The molecule has 19 heavy (non-hydrogen) atoms. The highest BCUT2D eigenvalue weighted by molar-refractivity contribution is 8.00. The van der Waals surface area contributed by atoms with Crippen LogP contribution in [0, 0.1) is 17.6 Å². The minimum Gasteiger partial charge on any atom is -0.391 e. The molecule has 1 aliphatic rings. The van der Waals surface area contributed by atoms with Crippen LogP contribution in [0.2, 0.25) is 0 Å². The molecule has 1 atom stereocenters. The Kier molecular flexibility index (Phi) is 4.76. The Morgan fingerprint density at radius 3 is 2.79 bits per heavy atom. The molecule has 1 aromatic carbocycles. The van der Waals surface area contributed by atoms with Gasteiger partial charge in [-0.15, -0.1) is 11.8 Å². The maximum atomic E-state index is 12.9. The van der Waals surface area contributed by atoms with Crippen LogP contribution in [0.15, 0.2) is 23.1 Å². The van der Waals surface area contributed by atoms with Crippen molar-refractivity contribution in [2.24, 2.45) is 5.92 Å². The number of carbonyl (C=O) groups is 1. The second kappa shape index (κ2) is 6.34. The van der Waals surface area contributed by atoms with E-state index in [-0.39, 0.29) is 18.2 Å². The zero-order chi connectivity index (χ0) is 13.8. The van der Waals surface area contributed by atoms with Gasteiger partial charge in [-0.1, -0.05) is 0 Å². The van der Waals surface area contributed by atoms with Crippen molar-refractivity contribution >= 4 is 17.7 Å². The van der Waals surface area contributed by atoms with Gasteiger partial charge in [0.15, 0.2) is 11.6 Å². The Bertz CT molecular complexity index is 466. The second-order valence-electron chi connectivity index (χ2n) is 4.57. The average Bonchev–Trinajstić information content (AvgIpc) is 3.21. The van der Waals surface area contributed by atoms with Gasteiger partial charge in [-0.3, -0.25) is 4.79 Å². The molecule has 2 N–H and O–H groups in total. The van der Waals surface area contributed by atoms with Gasteiger partial charge >= 0.3 is 0 Å². The van der Waals surface area contributed by atoms with Gasteiger partial charge in [0.2, 0.25) is 5.91 Å². The van der Waals surface area contributed by atoms with E-state index in [0.717, 1.165) is 36.7 Å². The third-order valence-electron chi connectivity index (χ3n) is 2.94. The van der Waals surface area contributed by atoms with Gasteiger partial charge in [-0.25, -0.2) is 8.78 Å². The van der Waals surface area contributed by atoms with E-state index < -0.39 is 17.7 Å². The lowest BCUT2D eigenvalue weighted by molar-refractivity contribution is -0.119. The predicted octanol–water partition coefficient (Wildman–Crippen LogP) is 1.94. The predicted molar refractivity (Wildman–Crippen MR) is 68.8 cm³/mol. The lowest BCUT2D eigenvalue weighted by Gasteiger charge is -2.10. The molecule has 1 aromatic rings. The summed E-state index contributed by atoms with van der Waals surface area (Å²) in [7, 11) is 0. The summed E-state index contributed by atoms with van der Waals surface area (Å²) in [6, 6.07) is 3.52. The molecule has 0 spiro atoms. The first kappa shape index (κ1) is 14.3. The van der Waals surface area contributed by atoms with E-state index in [1.54, 1.807) is 0 Å². The van der Waals surface area contributed by atoms with Crippen molar-refractivity contribution in [1.29, 1.82) is 0 Å². The summed E-state index contributed by atoms with van der Waals surface area (Å²) in [5.74, 6) is -1.62. The van der Waals surface area contributed by atoms with Gasteiger partial charge in [0.25, 0.3) is 0 Å². The van der Waals surface area contributed by atoms with Crippen LogP contribution in [-0.4, -0.2) is 29.4 Å². The van der Waals surface area contributed by atoms with Gasteiger partial charge in [-0.2, -0.15) is 0 Å². The van der Waals surface area contributed by atoms with Gasteiger partial charge in [0, 0.05) is 11.4 Å². The molecule has 1 saturated carbocycles. The van der Waals surface area contributed by atoms with E-state index in [4.69, 9.17) is 0 Å². The lowest BCUT2D eigenvalue weighted by Crippen LogP contribution is -2.34. The molecule has 0 aliphatic heterocycles. The number of halogens is 2. The number of carbonyl (C=O) groups excluding carboxylic acids is 1. The maximum Gasteiger partial charge on any atom is 0.230 e. The zero-order valence-corrected chi connectivity index (χ0v) is 11.1. The van der Waals surface area contributed by atoms with Crippen molar-refractivity contribution in [3.63, 3.8) is 0 Å². The fraction of sp³-hybridized carbons (Fsp3) is 0.462. The molecule has 0 saturated heterocycles. The maximum absolute atomic E-state index is 12.9. The first-order chi connectivity index (χ1) is 9.06. The normalized spacial score (nSPS) is 16.2. The van der Waals surface area contributed by atoms with Gasteiger partial charge in [0.1, 0.15) is 0 Å². The summed E-state index contributed by atoms with van der Waals surface area (Å²) in [4.78, 5) is 12.0. The van der Waals surface area contributed by atoms with Crippen molar-refractivity contribution in [3.8, 4) is 0 Å². The number of hydrogen-bond acceptors (Lipinski definition) is 3. The molecule has 0 bridgehead atoms. The summed E-state index contributed by atoms with van der Waals surface area (Å²) in [6.45, 7) is 0.252. The van der Waals surface area contributed by atoms with Crippen molar-refractivity contribution in [1.82, 2.24) is 5.32 Å². The van der Waals surface area contributed by atoms with E-state index in [1.165, 1.54) is 6.07 Å². The highest BCUT2D eigenvalue weighted by atomic mass is 32.2. The van der Waals surface area contributed by atoms with E-state index in [9.17, 15) is 18.7 Å². The number of thioether (sulfide) groups is 1. The molecule has 3 nitrogen and oxygen atoms in total. The quantitative estimate of drug-likeness (QED) is 0.786. The molecule has 1 fully saturated rings. The van der Waals surface area contributed by atoms with Crippen molar-refractivity contribution in [2.45, 2.75) is 23.8 Å². The largest absolute Gasteiger partial charge is 0.391 e. The highest BCUT2D eigenvalue weighted by Gasteiger charge is 2.29. The molecule has 0 heterocycles. The van der Waals surface area contributed by atoms with Crippen LogP contribution in [0.5, 0.6) is 0 Å². The van der Waals surface area contributed by atoms with E-state index in [1.807, 2.05) is 0 Å². The van der Waals surface area contributed by atoms with E-state index in [2.05, 4.69) is 5.32 Å². The van der Waals surface area contributed by atoms with Crippen molar-refractivity contribution < 1.29 is 18.7 Å². The SMILES string of the molecule is O=C(CSc1ccc(F)c(F)c1)NCC(O)C1CC1. The van der Waals surface area contributed by atoms with Crippen molar-refractivity contribution in [2.75, 3.05) is 12.3 Å². The summed E-state index contributed by atoms with van der Waals surface area (Å²) in [6.07, 6.45) is 1.55. The van der Waals surface area contributed by atoms with E-state index in [0.29, 0.717) is 10.8 Å². The molecular formula is C13H15F2NO2S. The fourth-order valence-corrected chi connectivity index (χ4v) is 2.38. The van der Waals surface area contributed by atoms with Crippen LogP contribution >= 0.6 is 11.8 Å². The first-order valence-corrected chi connectivity index (χ1v) is 7.07. The number of nitrogens with one attached hydrogen (secondary N) is 1. The molecule has 6 heteroatoms. The van der Waals surface area contributed by atoms with Crippen LogP contribution in [0.1, 0.15) is 12.8 Å². The monoisotopic (exact) mass is 287 g/mol. The van der Waals surface area contributed by atoms with Crippen LogP contribution in [-0.2, 0) is 4.79 Å². The number of aliphatic hydroxyl groups is 1. The Hall–Kier alpha value is -1.14. The molecule has 2 rings (SSSR count). The third kappa shape index (κ3) is 4.47. The molecule has 1 unspecified atom stereocenters. The molecule has 104 valence electrons. The first-order valence-electron chi connectivity index (χ1n) is 6.09. The minimum atomic E-state index is -0.922. The molecule has 1 amide bonds. The lowest BCUT2D eigenvalue weighted by atomic mass is 10.2. The smallest absolute Gasteiger partial charge is 0.230 e. The number of rotatable bonds is 6. The fourth-order valence-electron chi connectivity index (χ4n) is 1.63. The zero-order valence-electron chi connectivity index (χ0n) is 10.2. The van der Waals surface area contributed by atoms with Crippen molar-refractivity contribution in [3.05, 3.63) is 29.8 Å². The van der Waals surface area contributed by atoms with Gasteiger partial charge in [0.05, 0.1) is 11.9 Å². The molecule has 1 aliphatic carbocycles. The molecular weight excluding hydrogens is 272 g/mol. The van der Waals surface area contributed by atoms with Gasteiger partial charge in [-0.05, 0) is 37.0 Å². The topological polar surface area (TPSA) is 49.3 Å². The Labute approximate surface area is 114 Å². The van der Waals surface area contributed by atoms with Crippen LogP contribution in [0.3, 0.4) is 0 Å². The molecule has 0 radical (unpaired) electrons. The second-order valence-corrected chi connectivity index (χ2v) is 5.62. The average molecular weight is 287 g/mol. The highest BCUT2D eigenvalue weighted by Crippen LogP contribution is 2.32. The molecule has 0 aromatic heterocycles. The van der Waals surface area contributed by atoms with Crippen LogP contribution in [0.4, 0.5) is 8.78 Å². The number of hydrogen-bond donors (Lipinski definition) is 2. The Morgan fingerprint density at radius 1 is 1.42 bits per heavy atom. The third-order valence-corrected chi connectivity index (χ3v) is 3.93. The number of amides is 1. The number of benzene rings is 1. The van der Waals surface area contributed by atoms with Crippen LogP contribution < -0.4 is 5.32 Å². The van der Waals surface area contributed by atoms with Gasteiger partial charge < -0.3 is 10.4 Å². The summed E-state index contributed by atoms with van der Waals surface area (Å²) in [5, 5.41) is 12.2. The van der Waals surface area contributed by atoms with E-state index >= 15 is 0 Å².